The molecule has 0 saturated heterocycles. The Balaban J connectivity index is 2.18. The van der Waals surface area contributed by atoms with Crippen LogP contribution in [-0.4, -0.2) is 33.8 Å². The Bertz CT molecular complexity index is 1110. The van der Waals surface area contributed by atoms with Crippen molar-refractivity contribution < 1.29 is 23.0 Å². The monoisotopic (exact) mass is 509 g/mol. The van der Waals surface area contributed by atoms with Gasteiger partial charge in [-0.1, -0.05) is 56.1 Å². The normalized spacial score (nSPS) is 14.0. The summed E-state index contributed by atoms with van der Waals surface area (Å²) in [4.78, 5) is 0. The second kappa shape index (κ2) is 10.4. The predicted octanol–water partition coefficient (Wildman–Crippen LogP) is 5.05. The molecule has 33 heavy (non-hydrogen) atoms. The highest BCUT2D eigenvalue weighted by atomic mass is 35.5. The van der Waals surface area contributed by atoms with Crippen molar-refractivity contribution in [1.82, 2.24) is 4.72 Å². The molecule has 0 radical (unpaired) electrons. The molecule has 0 spiro atoms. The zero-order valence-corrected chi connectivity index (χ0v) is 21.3. The molecule has 0 unspecified atom stereocenters. The fraction of sp³-hybridized carbons (Fsp3) is 0.333. The van der Waals surface area contributed by atoms with E-state index in [2.05, 4.69) is 4.72 Å². The van der Waals surface area contributed by atoms with E-state index in [-0.39, 0.29) is 10.1 Å². The van der Waals surface area contributed by atoms with Gasteiger partial charge in [0.2, 0.25) is 10.0 Å². The van der Waals surface area contributed by atoms with Crippen molar-refractivity contribution in [3.8, 4) is 11.5 Å². The van der Waals surface area contributed by atoms with E-state index in [1.54, 1.807) is 62.8 Å². The fourth-order valence-electron chi connectivity index (χ4n) is 3.73. The van der Waals surface area contributed by atoms with Gasteiger partial charge in [-0.15, -0.1) is 11.3 Å². The summed E-state index contributed by atoms with van der Waals surface area (Å²) in [5, 5.41) is 12.3. The Morgan fingerprint density at radius 2 is 1.45 bits per heavy atom. The summed E-state index contributed by atoms with van der Waals surface area (Å²) in [5.74, 6) is 1.04. The lowest BCUT2D eigenvalue weighted by molar-refractivity contribution is 0.0246. The second-order valence-electron chi connectivity index (χ2n) is 7.77. The Hall–Kier alpha value is -2.10. The molecule has 1 aromatic heterocycles. The molecular weight excluding hydrogens is 482 g/mol. The number of hydrogen-bond donors (Lipinski definition) is 2. The smallest absolute Gasteiger partial charge is 0.250 e. The first-order valence-electron chi connectivity index (χ1n) is 10.4. The van der Waals surface area contributed by atoms with E-state index in [1.807, 2.05) is 13.8 Å². The number of aliphatic hydroxyl groups is 1. The number of methoxy groups -OCH3 is 2. The first-order chi connectivity index (χ1) is 15.6. The maximum absolute atomic E-state index is 13.3. The quantitative estimate of drug-likeness (QED) is 0.399. The molecule has 3 aromatic rings. The zero-order valence-electron chi connectivity index (χ0n) is 18.9. The maximum atomic E-state index is 13.3. The third-order valence-electron chi connectivity index (χ3n) is 5.82. The van der Waals surface area contributed by atoms with Crippen LogP contribution in [-0.2, 0) is 15.6 Å². The van der Waals surface area contributed by atoms with Crippen LogP contribution < -0.4 is 14.2 Å². The van der Waals surface area contributed by atoms with Crippen molar-refractivity contribution in [1.29, 1.82) is 0 Å². The standard InChI is InChI=1S/C24H28ClNO5S2/c1-5-16(2)23(26-33(28,29)22-15-14-21(25)32-22)24(27,17-6-10-19(30-3)11-7-17)18-8-12-20(31-4)13-9-18/h6-16,23,26-27H,5H2,1-4H3/t16-,23-/m0/s1. The zero-order chi connectivity index (χ0) is 24.2. The summed E-state index contributed by atoms with van der Waals surface area (Å²) in [7, 11) is -0.819. The minimum Gasteiger partial charge on any atom is -0.497 e. The highest BCUT2D eigenvalue weighted by Gasteiger charge is 2.45. The number of hydrogen-bond acceptors (Lipinski definition) is 6. The number of halogens is 1. The number of thiophene rings is 1. The van der Waals surface area contributed by atoms with Gasteiger partial charge in [-0.2, -0.15) is 0 Å². The molecule has 9 heteroatoms. The van der Waals surface area contributed by atoms with Crippen LogP contribution in [0.25, 0.3) is 0 Å². The Labute approximate surface area is 204 Å². The predicted molar refractivity (Wildman–Crippen MR) is 132 cm³/mol. The summed E-state index contributed by atoms with van der Waals surface area (Å²) in [5.41, 5.74) is -0.612. The first kappa shape index (κ1) is 25.5. The summed E-state index contributed by atoms with van der Waals surface area (Å²) in [6.07, 6.45) is 0.632. The molecule has 2 N–H and O–H groups in total. The van der Waals surface area contributed by atoms with Crippen molar-refractivity contribution in [3.63, 3.8) is 0 Å². The Morgan fingerprint density at radius 1 is 0.970 bits per heavy atom. The summed E-state index contributed by atoms with van der Waals surface area (Å²) < 4.78 is 40.3. The molecule has 2 aromatic carbocycles. The topological polar surface area (TPSA) is 84.9 Å². The van der Waals surface area contributed by atoms with Gasteiger partial charge in [0.1, 0.15) is 21.3 Å². The number of sulfonamides is 1. The van der Waals surface area contributed by atoms with Crippen molar-refractivity contribution in [3.05, 3.63) is 76.1 Å². The van der Waals surface area contributed by atoms with E-state index in [0.717, 1.165) is 11.3 Å². The van der Waals surface area contributed by atoms with Crippen molar-refractivity contribution in [2.45, 2.75) is 36.1 Å². The third-order valence-corrected chi connectivity index (χ3v) is 8.98. The van der Waals surface area contributed by atoms with Crippen molar-refractivity contribution in [2.24, 2.45) is 5.92 Å². The lowest BCUT2D eigenvalue weighted by Crippen LogP contribution is -2.54. The van der Waals surface area contributed by atoms with Crippen LogP contribution >= 0.6 is 22.9 Å². The summed E-state index contributed by atoms with van der Waals surface area (Å²) >= 11 is 6.95. The third kappa shape index (κ3) is 5.36. The van der Waals surface area contributed by atoms with Crippen LogP contribution in [0, 0.1) is 5.92 Å². The Kier molecular flexibility index (Phi) is 8.08. The van der Waals surface area contributed by atoms with E-state index in [0.29, 0.717) is 33.4 Å². The first-order valence-corrected chi connectivity index (χ1v) is 13.1. The van der Waals surface area contributed by atoms with Gasteiger partial charge in [0.05, 0.1) is 24.6 Å². The lowest BCUT2D eigenvalue weighted by atomic mass is 9.75. The highest BCUT2D eigenvalue weighted by Crippen LogP contribution is 2.39. The average Bonchev–Trinajstić information content (AvgIpc) is 3.29. The highest BCUT2D eigenvalue weighted by molar-refractivity contribution is 7.91. The van der Waals surface area contributed by atoms with Gasteiger partial charge in [0.25, 0.3) is 0 Å². The molecule has 6 nitrogen and oxygen atoms in total. The van der Waals surface area contributed by atoms with Gasteiger partial charge in [0, 0.05) is 0 Å². The molecule has 0 amide bonds. The Morgan fingerprint density at radius 3 is 1.82 bits per heavy atom. The van der Waals surface area contributed by atoms with Crippen molar-refractivity contribution >= 4 is 33.0 Å². The van der Waals surface area contributed by atoms with Crippen LogP contribution in [0.5, 0.6) is 11.5 Å². The second-order valence-corrected chi connectivity index (χ2v) is 11.4. The lowest BCUT2D eigenvalue weighted by Gasteiger charge is -2.40. The van der Waals surface area contributed by atoms with Gasteiger partial charge in [-0.05, 0) is 53.4 Å². The molecule has 0 aliphatic heterocycles. The van der Waals surface area contributed by atoms with E-state index < -0.39 is 21.7 Å². The molecule has 3 rings (SSSR count). The van der Waals surface area contributed by atoms with Gasteiger partial charge in [0.15, 0.2) is 0 Å². The van der Waals surface area contributed by atoms with E-state index >= 15 is 0 Å². The van der Waals surface area contributed by atoms with Gasteiger partial charge < -0.3 is 14.6 Å². The molecule has 2 atom stereocenters. The molecule has 0 bridgehead atoms. The minimum absolute atomic E-state index is 0.0904. The molecular formula is C24H28ClNO5S2. The number of nitrogens with one attached hydrogen (secondary N) is 1. The number of benzene rings is 2. The summed E-state index contributed by atoms with van der Waals surface area (Å²) in [6, 6.07) is 16.1. The van der Waals surface area contributed by atoms with Crippen LogP contribution in [0.3, 0.4) is 0 Å². The number of ether oxygens (including phenoxy) is 2. The van der Waals surface area contributed by atoms with Crippen molar-refractivity contribution in [2.75, 3.05) is 14.2 Å². The largest absolute Gasteiger partial charge is 0.497 e. The average molecular weight is 510 g/mol. The van der Waals surface area contributed by atoms with Gasteiger partial charge in [-0.25, -0.2) is 13.1 Å². The van der Waals surface area contributed by atoms with Gasteiger partial charge in [-0.3, -0.25) is 0 Å². The minimum atomic E-state index is -3.94. The number of rotatable bonds is 10. The van der Waals surface area contributed by atoms with E-state index in [1.165, 1.54) is 12.1 Å². The molecule has 0 aliphatic rings. The van der Waals surface area contributed by atoms with E-state index in [4.69, 9.17) is 21.1 Å². The van der Waals surface area contributed by atoms with Crippen LogP contribution in [0.1, 0.15) is 31.4 Å². The van der Waals surface area contributed by atoms with E-state index in [9.17, 15) is 13.5 Å². The maximum Gasteiger partial charge on any atom is 0.250 e. The molecule has 0 saturated carbocycles. The fourth-order valence-corrected chi connectivity index (χ4v) is 6.60. The van der Waals surface area contributed by atoms with Crippen LogP contribution in [0.15, 0.2) is 64.9 Å². The summed E-state index contributed by atoms with van der Waals surface area (Å²) in [6.45, 7) is 3.86. The SMILES string of the molecule is CC[C@H](C)[C@H](NS(=O)(=O)c1ccc(Cl)s1)C(O)(c1ccc(OC)cc1)c1ccc(OC)cc1. The molecule has 1 heterocycles. The molecule has 178 valence electrons. The van der Waals surface area contributed by atoms with Crippen LogP contribution in [0.2, 0.25) is 4.34 Å². The molecule has 0 aliphatic carbocycles. The van der Waals surface area contributed by atoms with Crippen LogP contribution in [0.4, 0.5) is 0 Å². The molecule has 0 fully saturated rings. The van der Waals surface area contributed by atoms with Gasteiger partial charge >= 0.3 is 0 Å².